The number of aryl methyl sites for hydroxylation is 2. The Morgan fingerprint density at radius 3 is 2.71 bits per heavy atom. The second kappa shape index (κ2) is 6.45. The van der Waals surface area contributed by atoms with Crippen LogP contribution < -0.4 is 16.2 Å². The molecule has 21 heavy (non-hydrogen) atoms. The van der Waals surface area contributed by atoms with Crippen molar-refractivity contribution in [1.29, 1.82) is 0 Å². The van der Waals surface area contributed by atoms with Crippen LogP contribution in [0.3, 0.4) is 0 Å². The molecule has 0 spiro atoms. The molecule has 0 saturated carbocycles. The van der Waals surface area contributed by atoms with Crippen molar-refractivity contribution in [2.45, 2.75) is 27.3 Å². The van der Waals surface area contributed by atoms with Gasteiger partial charge in [-0.1, -0.05) is 12.1 Å². The molecule has 0 fully saturated rings. The molecule has 0 radical (unpaired) electrons. The molecule has 0 bridgehead atoms. The summed E-state index contributed by atoms with van der Waals surface area (Å²) in [6.45, 7) is 7.59. The number of rotatable bonds is 5. The number of amides is 1. The summed E-state index contributed by atoms with van der Waals surface area (Å²) in [6, 6.07) is 10.1. The van der Waals surface area contributed by atoms with Crippen LogP contribution in [0.25, 0.3) is 0 Å². The van der Waals surface area contributed by atoms with E-state index in [-0.39, 0.29) is 5.76 Å². The van der Waals surface area contributed by atoms with Crippen LogP contribution in [0.4, 0.5) is 5.69 Å². The van der Waals surface area contributed by atoms with Gasteiger partial charge in [-0.15, -0.1) is 0 Å². The van der Waals surface area contributed by atoms with Crippen LogP contribution in [0.2, 0.25) is 0 Å². The maximum Gasteiger partial charge on any atom is 0.300 e. The average molecular weight is 287 g/mol. The van der Waals surface area contributed by atoms with E-state index in [1.54, 1.807) is 6.07 Å². The van der Waals surface area contributed by atoms with Crippen molar-refractivity contribution in [3.05, 3.63) is 53.0 Å². The Morgan fingerprint density at radius 2 is 2.10 bits per heavy atom. The standard InChI is InChI=1S/C16H21N3O2/c1-4-19(14-7-5-6-11(2)8-14)10-13-9-15(16(20)18-17)21-12(13)3/h5-9H,4,10,17H2,1-3H3,(H,18,20). The van der Waals surface area contributed by atoms with Crippen LogP contribution in [0.1, 0.15) is 34.4 Å². The fourth-order valence-electron chi connectivity index (χ4n) is 2.28. The summed E-state index contributed by atoms with van der Waals surface area (Å²) in [6.07, 6.45) is 0. The molecule has 2 rings (SSSR count). The molecule has 1 aromatic carbocycles. The number of furan rings is 1. The van der Waals surface area contributed by atoms with Gasteiger partial charge >= 0.3 is 5.91 Å². The fourth-order valence-corrected chi connectivity index (χ4v) is 2.28. The molecule has 0 atom stereocenters. The topological polar surface area (TPSA) is 71.5 Å². The van der Waals surface area contributed by atoms with Crippen LogP contribution in [-0.2, 0) is 6.54 Å². The largest absolute Gasteiger partial charge is 0.456 e. The molecule has 0 saturated heterocycles. The van der Waals surface area contributed by atoms with Crippen molar-refractivity contribution in [1.82, 2.24) is 5.43 Å². The molecular weight excluding hydrogens is 266 g/mol. The maximum absolute atomic E-state index is 11.5. The first-order chi connectivity index (χ1) is 10.0. The SMILES string of the molecule is CCN(Cc1cc(C(=O)NN)oc1C)c1cccc(C)c1. The fraction of sp³-hybridized carbons (Fsp3) is 0.312. The van der Waals surface area contributed by atoms with Gasteiger partial charge in [0.25, 0.3) is 0 Å². The van der Waals surface area contributed by atoms with Crippen molar-refractivity contribution in [2.75, 3.05) is 11.4 Å². The molecule has 3 N–H and O–H groups in total. The highest BCUT2D eigenvalue weighted by atomic mass is 16.4. The van der Waals surface area contributed by atoms with Crippen molar-refractivity contribution < 1.29 is 9.21 Å². The Labute approximate surface area is 124 Å². The highest BCUT2D eigenvalue weighted by molar-refractivity contribution is 5.91. The summed E-state index contributed by atoms with van der Waals surface area (Å²) in [5.41, 5.74) is 5.44. The van der Waals surface area contributed by atoms with E-state index >= 15 is 0 Å². The molecule has 0 aliphatic rings. The molecule has 0 unspecified atom stereocenters. The zero-order valence-corrected chi connectivity index (χ0v) is 12.6. The quantitative estimate of drug-likeness (QED) is 0.503. The average Bonchev–Trinajstić information content (AvgIpc) is 2.85. The molecule has 0 aliphatic heterocycles. The van der Waals surface area contributed by atoms with E-state index in [1.165, 1.54) is 5.56 Å². The second-order valence-electron chi connectivity index (χ2n) is 5.02. The first kappa shape index (κ1) is 15.1. The van der Waals surface area contributed by atoms with Crippen LogP contribution in [-0.4, -0.2) is 12.5 Å². The number of nitrogens with two attached hydrogens (primary N) is 1. The van der Waals surface area contributed by atoms with Crippen molar-refractivity contribution in [2.24, 2.45) is 5.84 Å². The first-order valence-electron chi connectivity index (χ1n) is 6.97. The van der Waals surface area contributed by atoms with Gasteiger partial charge in [-0.25, -0.2) is 5.84 Å². The highest BCUT2D eigenvalue weighted by Gasteiger charge is 2.15. The highest BCUT2D eigenvalue weighted by Crippen LogP contribution is 2.22. The van der Waals surface area contributed by atoms with E-state index in [4.69, 9.17) is 10.3 Å². The number of carbonyl (C=O) groups is 1. The minimum absolute atomic E-state index is 0.241. The predicted molar refractivity (Wildman–Crippen MR) is 83.0 cm³/mol. The van der Waals surface area contributed by atoms with Crippen LogP contribution in [0.15, 0.2) is 34.7 Å². The molecule has 1 aromatic heterocycles. The van der Waals surface area contributed by atoms with Crippen LogP contribution in [0.5, 0.6) is 0 Å². The van der Waals surface area contributed by atoms with Crippen molar-refractivity contribution in [3.8, 4) is 0 Å². The van der Waals surface area contributed by atoms with Crippen LogP contribution >= 0.6 is 0 Å². The monoisotopic (exact) mass is 287 g/mol. The molecule has 112 valence electrons. The molecule has 0 aliphatic carbocycles. The lowest BCUT2D eigenvalue weighted by molar-refractivity contribution is 0.0924. The molecular formula is C16H21N3O2. The molecule has 1 amide bonds. The van der Waals surface area contributed by atoms with Gasteiger partial charge in [0.1, 0.15) is 5.76 Å². The van der Waals surface area contributed by atoms with Crippen molar-refractivity contribution >= 4 is 11.6 Å². The third kappa shape index (κ3) is 3.44. The Balaban J connectivity index is 2.23. The molecule has 2 aromatic rings. The lowest BCUT2D eigenvalue weighted by Crippen LogP contribution is -2.29. The summed E-state index contributed by atoms with van der Waals surface area (Å²) in [5, 5.41) is 0. The third-order valence-corrected chi connectivity index (χ3v) is 3.49. The molecule has 1 heterocycles. The van der Waals surface area contributed by atoms with Gasteiger partial charge in [-0.2, -0.15) is 0 Å². The Morgan fingerprint density at radius 1 is 1.33 bits per heavy atom. The smallest absolute Gasteiger partial charge is 0.300 e. The summed E-state index contributed by atoms with van der Waals surface area (Å²) < 4.78 is 5.45. The lowest BCUT2D eigenvalue weighted by Gasteiger charge is -2.23. The summed E-state index contributed by atoms with van der Waals surface area (Å²) in [7, 11) is 0. The van der Waals surface area contributed by atoms with Gasteiger partial charge in [-0.05, 0) is 44.5 Å². The van der Waals surface area contributed by atoms with Gasteiger partial charge in [0.15, 0.2) is 5.76 Å². The zero-order chi connectivity index (χ0) is 15.4. The first-order valence-corrected chi connectivity index (χ1v) is 6.97. The number of carbonyl (C=O) groups excluding carboxylic acids is 1. The van der Waals surface area contributed by atoms with E-state index in [0.29, 0.717) is 6.54 Å². The maximum atomic E-state index is 11.5. The number of nitrogens with one attached hydrogen (secondary N) is 1. The minimum Gasteiger partial charge on any atom is -0.456 e. The number of hydrogen-bond donors (Lipinski definition) is 2. The van der Waals surface area contributed by atoms with E-state index in [1.807, 2.05) is 13.0 Å². The summed E-state index contributed by atoms with van der Waals surface area (Å²) in [5.74, 6) is 5.69. The Hall–Kier alpha value is -2.27. The minimum atomic E-state index is -0.414. The van der Waals surface area contributed by atoms with Gasteiger partial charge in [0.2, 0.25) is 0 Å². The number of benzene rings is 1. The normalized spacial score (nSPS) is 10.5. The van der Waals surface area contributed by atoms with Crippen molar-refractivity contribution in [3.63, 3.8) is 0 Å². The number of nitrogen functional groups attached to an aromatic ring is 1. The van der Waals surface area contributed by atoms with E-state index in [9.17, 15) is 4.79 Å². The van der Waals surface area contributed by atoms with Gasteiger partial charge in [-0.3, -0.25) is 10.2 Å². The number of anilines is 1. The van der Waals surface area contributed by atoms with Gasteiger partial charge < -0.3 is 9.32 Å². The number of nitrogens with zero attached hydrogens (tertiary/aromatic N) is 1. The van der Waals surface area contributed by atoms with Crippen LogP contribution in [0, 0.1) is 13.8 Å². The summed E-state index contributed by atoms with van der Waals surface area (Å²) in [4.78, 5) is 13.7. The lowest BCUT2D eigenvalue weighted by atomic mass is 10.1. The Bertz CT molecular complexity index is 634. The van der Waals surface area contributed by atoms with E-state index in [0.717, 1.165) is 23.6 Å². The second-order valence-corrected chi connectivity index (χ2v) is 5.02. The van der Waals surface area contributed by atoms with E-state index in [2.05, 4.69) is 42.4 Å². The third-order valence-electron chi connectivity index (χ3n) is 3.49. The van der Waals surface area contributed by atoms with E-state index < -0.39 is 5.91 Å². The zero-order valence-electron chi connectivity index (χ0n) is 12.6. The number of hydrazine groups is 1. The van der Waals surface area contributed by atoms with Gasteiger partial charge in [0.05, 0.1) is 0 Å². The number of hydrogen-bond acceptors (Lipinski definition) is 4. The summed E-state index contributed by atoms with van der Waals surface area (Å²) >= 11 is 0. The van der Waals surface area contributed by atoms with Gasteiger partial charge in [0, 0.05) is 24.3 Å². The molecule has 5 nitrogen and oxygen atoms in total. The predicted octanol–water partition coefficient (Wildman–Crippen LogP) is 2.53. The molecule has 5 heteroatoms. The Kier molecular flexibility index (Phi) is 4.65.